The van der Waals surface area contributed by atoms with E-state index in [0.29, 0.717) is 12.8 Å². The predicted octanol–water partition coefficient (Wildman–Crippen LogP) is -0.103. The second-order valence-corrected chi connectivity index (χ2v) is 5.60. The first-order valence-corrected chi connectivity index (χ1v) is 6.74. The molecule has 0 aromatic carbocycles. The van der Waals surface area contributed by atoms with Gasteiger partial charge in [-0.05, 0) is 18.3 Å². The molecule has 1 aliphatic heterocycles. The van der Waals surface area contributed by atoms with Crippen LogP contribution >= 0.6 is 0 Å². The molecule has 0 unspecified atom stereocenters. The highest BCUT2D eigenvalue weighted by molar-refractivity contribution is 6.01. The second kappa shape index (κ2) is 5.60. The molecule has 7 nitrogen and oxygen atoms in total. The Morgan fingerprint density at radius 2 is 1.70 bits per heavy atom. The molecule has 0 aromatic heterocycles. The van der Waals surface area contributed by atoms with Crippen molar-refractivity contribution >= 4 is 23.7 Å². The number of imide groups is 1. The topological polar surface area (TPSA) is 104 Å². The van der Waals surface area contributed by atoms with Crippen molar-refractivity contribution in [3.63, 3.8) is 0 Å². The van der Waals surface area contributed by atoms with Crippen LogP contribution in [0.1, 0.15) is 38.5 Å². The van der Waals surface area contributed by atoms with E-state index >= 15 is 0 Å². The van der Waals surface area contributed by atoms with Gasteiger partial charge in [-0.15, -0.1) is 0 Å². The molecule has 7 heteroatoms. The number of rotatable bonds is 4. The molecule has 2 aliphatic rings. The van der Waals surface area contributed by atoms with Crippen LogP contribution in [0.15, 0.2) is 0 Å². The van der Waals surface area contributed by atoms with Gasteiger partial charge >= 0.3 is 5.97 Å². The van der Waals surface area contributed by atoms with Crippen molar-refractivity contribution < 1.29 is 24.3 Å². The Balaban J connectivity index is 1.93. The van der Waals surface area contributed by atoms with Crippen molar-refractivity contribution in [1.82, 2.24) is 10.2 Å². The lowest BCUT2D eigenvalue weighted by molar-refractivity contribution is -0.155. The highest BCUT2D eigenvalue weighted by Crippen LogP contribution is 2.46. The smallest absolute Gasteiger partial charge is 0.322 e. The van der Waals surface area contributed by atoms with E-state index < -0.39 is 18.4 Å². The third kappa shape index (κ3) is 3.15. The molecular weight excluding hydrogens is 264 g/mol. The molecule has 1 saturated carbocycles. The van der Waals surface area contributed by atoms with Gasteiger partial charge in [-0.2, -0.15) is 0 Å². The van der Waals surface area contributed by atoms with Crippen LogP contribution in [0, 0.1) is 5.41 Å². The van der Waals surface area contributed by atoms with E-state index in [9.17, 15) is 19.2 Å². The number of carboxylic acid groups (broad SMARTS) is 1. The third-order valence-corrected chi connectivity index (χ3v) is 4.06. The molecule has 1 aliphatic carbocycles. The van der Waals surface area contributed by atoms with Gasteiger partial charge in [0.2, 0.25) is 17.7 Å². The maximum atomic E-state index is 12.0. The number of piperidine rings is 1. The van der Waals surface area contributed by atoms with Crippen LogP contribution in [0.3, 0.4) is 0 Å². The number of hydrogen-bond acceptors (Lipinski definition) is 4. The van der Waals surface area contributed by atoms with Crippen molar-refractivity contribution in [3.05, 3.63) is 0 Å². The Hall–Kier alpha value is -1.92. The Morgan fingerprint density at radius 3 is 2.20 bits per heavy atom. The lowest BCUT2D eigenvalue weighted by Gasteiger charge is -2.36. The van der Waals surface area contributed by atoms with Crippen LogP contribution in [-0.2, 0) is 19.2 Å². The monoisotopic (exact) mass is 282 g/mol. The first-order valence-electron chi connectivity index (χ1n) is 6.74. The number of carbonyl (C=O) groups excluding carboxylic acids is 3. The number of likely N-dealkylation sites (tertiary alicyclic amines) is 1. The van der Waals surface area contributed by atoms with Gasteiger partial charge in [0.25, 0.3) is 0 Å². The molecule has 0 aromatic rings. The van der Waals surface area contributed by atoms with Crippen LogP contribution in [0.25, 0.3) is 0 Å². The Kier molecular flexibility index (Phi) is 4.06. The summed E-state index contributed by atoms with van der Waals surface area (Å²) < 4.78 is 0. The van der Waals surface area contributed by atoms with E-state index in [1.165, 1.54) is 0 Å². The molecule has 20 heavy (non-hydrogen) atoms. The number of nitrogens with one attached hydrogen (secondary N) is 1. The van der Waals surface area contributed by atoms with Gasteiger partial charge in [-0.25, -0.2) is 0 Å². The summed E-state index contributed by atoms with van der Waals surface area (Å²) in [5, 5.41) is 10.6. The van der Waals surface area contributed by atoms with E-state index in [2.05, 4.69) is 5.32 Å². The van der Waals surface area contributed by atoms with E-state index in [-0.39, 0.29) is 23.8 Å². The van der Waals surface area contributed by atoms with Gasteiger partial charge in [-0.3, -0.25) is 24.1 Å². The largest absolute Gasteiger partial charge is 0.480 e. The highest BCUT2D eigenvalue weighted by atomic mass is 16.4. The average molecular weight is 282 g/mol. The number of aliphatic carboxylic acids is 1. The molecule has 1 spiro atoms. The van der Waals surface area contributed by atoms with E-state index in [0.717, 1.165) is 30.6 Å². The summed E-state index contributed by atoms with van der Waals surface area (Å²) in [6.45, 7) is -0.903. The lowest BCUT2D eigenvalue weighted by Crippen LogP contribution is -2.51. The Labute approximate surface area is 116 Å². The number of carbonyl (C=O) groups is 4. The van der Waals surface area contributed by atoms with Crippen LogP contribution in [-0.4, -0.2) is 46.8 Å². The minimum absolute atomic E-state index is 0.192. The maximum Gasteiger partial charge on any atom is 0.322 e. The van der Waals surface area contributed by atoms with E-state index in [1.807, 2.05) is 0 Å². The number of hydrogen-bond donors (Lipinski definition) is 2. The van der Waals surface area contributed by atoms with Crippen LogP contribution < -0.4 is 5.32 Å². The summed E-state index contributed by atoms with van der Waals surface area (Å²) in [5.41, 5.74) is -0.192. The summed E-state index contributed by atoms with van der Waals surface area (Å²) in [6.07, 6.45) is 4.49. The fourth-order valence-electron chi connectivity index (χ4n) is 3.06. The normalized spacial score (nSPS) is 21.3. The average Bonchev–Trinajstić information content (AvgIpc) is 2.79. The first-order chi connectivity index (χ1) is 9.42. The lowest BCUT2D eigenvalue weighted by atomic mass is 9.76. The van der Waals surface area contributed by atoms with Crippen LogP contribution in [0.2, 0.25) is 0 Å². The molecule has 1 heterocycles. The summed E-state index contributed by atoms with van der Waals surface area (Å²) in [6, 6.07) is 0. The minimum Gasteiger partial charge on any atom is -0.480 e. The van der Waals surface area contributed by atoms with Gasteiger partial charge < -0.3 is 10.4 Å². The zero-order valence-electron chi connectivity index (χ0n) is 11.2. The summed E-state index contributed by atoms with van der Waals surface area (Å²) in [5.74, 6) is -2.45. The van der Waals surface area contributed by atoms with Gasteiger partial charge in [0.15, 0.2) is 0 Å². The summed E-state index contributed by atoms with van der Waals surface area (Å²) in [7, 11) is 0. The molecule has 2 fully saturated rings. The molecule has 0 bridgehead atoms. The third-order valence-electron chi connectivity index (χ3n) is 4.06. The molecule has 2 N–H and O–H groups in total. The number of nitrogens with zero attached hydrogens (tertiary/aromatic N) is 1. The highest BCUT2D eigenvalue weighted by Gasteiger charge is 2.45. The van der Waals surface area contributed by atoms with Crippen LogP contribution in [0.5, 0.6) is 0 Å². The maximum absolute atomic E-state index is 12.0. The second-order valence-electron chi connectivity index (χ2n) is 5.60. The minimum atomic E-state index is -1.17. The van der Waals surface area contributed by atoms with Gasteiger partial charge in [0.1, 0.15) is 13.1 Å². The molecule has 3 amide bonds. The Morgan fingerprint density at radius 1 is 1.15 bits per heavy atom. The molecule has 1 saturated heterocycles. The van der Waals surface area contributed by atoms with E-state index in [1.54, 1.807) is 0 Å². The van der Waals surface area contributed by atoms with Crippen molar-refractivity contribution in [2.24, 2.45) is 5.41 Å². The van der Waals surface area contributed by atoms with E-state index in [4.69, 9.17) is 5.11 Å². The molecule has 0 atom stereocenters. The van der Waals surface area contributed by atoms with Crippen molar-refractivity contribution in [1.29, 1.82) is 0 Å². The van der Waals surface area contributed by atoms with Gasteiger partial charge in [0.05, 0.1) is 0 Å². The van der Waals surface area contributed by atoms with Gasteiger partial charge in [-0.1, -0.05) is 12.8 Å². The number of carboxylic acids is 1. The van der Waals surface area contributed by atoms with Gasteiger partial charge in [0, 0.05) is 12.8 Å². The zero-order chi connectivity index (χ0) is 14.8. The standard InChI is InChI=1S/C13H18N2O5/c16-9(14-7-12(19)20)8-15-10(17)5-13(6-11(15)18)3-1-2-4-13/h1-8H2,(H,14,16)(H,19,20). The SMILES string of the molecule is O=C(O)CNC(=O)CN1C(=O)CC2(CCCC2)CC1=O. The zero-order valence-corrected chi connectivity index (χ0v) is 11.2. The first kappa shape index (κ1) is 14.5. The molecule has 110 valence electrons. The molecule has 0 radical (unpaired) electrons. The summed E-state index contributed by atoms with van der Waals surface area (Å²) in [4.78, 5) is 46.9. The molecule has 2 rings (SSSR count). The Bertz CT molecular complexity index is 434. The fourth-order valence-corrected chi connectivity index (χ4v) is 3.06. The number of amides is 3. The van der Waals surface area contributed by atoms with Crippen LogP contribution in [0.4, 0.5) is 0 Å². The van der Waals surface area contributed by atoms with Crippen molar-refractivity contribution in [2.45, 2.75) is 38.5 Å². The fraction of sp³-hybridized carbons (Fsp3) is 0.692. The predicted molar refractivity (Wildman–Crippen MR) is 67.5 cm³/mol. The summed E-state index contributed by atoms with van der Waals surface area (Å²) >= 11 is 0. The molecular formula is C13H18N2O5. The van der Waals surface area contributed by atoms with Crippen molar-refractivity contribution in [2.75, 3.05) is 13.1 Å². The quantitative estimate of drug-likeness (QED) is 0.701. The van der Waals surface area contributed by atoms with Crippen molar-refractivity contribution in [3.8, 4) is 0 Å².